The average molecular weight is 635 g/mol. The van der Waals surface area contributed by atoms with Gasteiger partial charge < -0.3 is 15.1 Å². The van der Waals surface area contributed by atoms with Gasteiger partial charge in [-0.1, -0.05) is 67.0 Å². The minimum atomic E-state index is -0.820. The summed E-state index contributed by atoms with van der Waals surface area (Å²) in [5.74, 6) is -0.394. The van der Waals surface area contributed by atoms with Crippen LogP contribution in [-0.4, -0.2) is 30.1 Å². The van der Waals surface area contributed by atoms with E-state index in [1.54, 1.807) is 11.9 Å². The first-order valence-electron chi connectivity index (χ1n) is 16.2. The molecule has 9 heteroatoms. The second kappa shape index (κ2) is 17.8. The zero-order valence-electron chi connectivity index (χ0n) is 28.0. The summed E-state index contributed by atoms with van der Waals surface area (Å²) < 4.78 is 5.82. The number of carbonyl (C=O) groups is 2. The molecule has 8 nitrogen and oxygen atoms in total. The van der Waals surface area contributed by atoms with Gasteiger partial charge in [0.25, 0.3) is 0 Å². The van der Waals surface area contributed by atoms with Gasteiger partial charge in [-0.15, -0.1) is 0 Å². The highest BCUT2D eigenvalue weighted by atomic mass is 32.2. The highest BCUT2D eigenvalue weighted by molar-refractivity contribution is 8.00. The molecule has 0 spiro atoms. The molecule has 45 heavy (non-hydrogen) atoms. The van der Waals surface area contributed by atoms with Crippen LogP contribution < -0.4 is 25.5 Å². The lowest BCUT2D eigenvalue weighted by molar-refractivity contribution is -0.697. The number of hydrogen-bond acceptors (Lipinski definition) is 6. The van der Waals surface area contributed by atoms with E-state index in [1.165, 1.54) is 27.1 Å². The number of hydrazine groups is 1. The molecule has 0 radical (unpaired) electrons. The van der Waals surface area contributed by atoms with Gasteiger partial charge in [-0.2, -0.15) is 0 Å². The highest BCUT2D eigenvalue weighted by Crippen LogP contribution is 2.39. The standard InChI is InChI=1S/C36H51N5O3S/c1-8-9-17-41-18-14-27(15-19-41)10-11-28-21-30(12-13-33(28)38-39-36(44)35(43)37-16-20-42)40-45-34-31(25(4)5)22-29(24(2)3)23-32(34)26(6)7/h12-15,18-19,21-26,42H,8-11,16-17,20H2,1-7H3,(H3-,37,38,39,40,43,44)/p+1. The minimum absolute atomic E-state index is 0.0162. The van der Waals surface area contributed by atoms with Crippen molar-refractivity contribution in [3.8, 4) is 0 Å². The van der Waals surface area contributed by atoms with Crippen LogP contribution in [0.3, 0.4) is 0 Å². The Morgan fingerprint density at radius 3 is 2.11 bits per heavy atom. The maximum Gasteiger partial charge on any atom is 0.327 e. The summed E-state index contributed by atoms with van der Waals surface area (Å²) in [6.45, 7) is 16.5. The molecule has 0 saturated carbocycles. The maximum atomic E-state index is 12.3. The van der Waals surface area contributed by atoms with Gasteiger partial charge in [0.05, 0.1) is 12.3 Å². The third kappa shape index (κ3) is 10.8. The lowest BCUT2D eigenvalue weighted by Gasteiger charge is -2.23. The van der Waals surface area contributed by atoms with Crippen molar-refractivity contribution < 1.29 is 19.3 Å². The molecule has 3 aromatic rings. The first-order chi connectivity index (χ1) is 21.5. The Balaban J connectivity index is 1.85. The smallest absolute Gasteiger partial charge is 0.327 e. The molecule has 244 valence electrons. The SMILES string of the molecule is CCCC[n+]1ccc(CCc2cc(NSc3c(C(C)C)cc(C(C)C)cc3C(C)C)ccc2NNC(=O)C(=O)NCCO)cc1. The quantitative estimate of drug-likeness (QED) is 0.0526. The third-order valence-electron chi connectivity index (χ3n) is 7.78. The maximum absolute atomic E-state index is 12.3. The number of hydrogen-bond donors (Lipinski definition) is 5. The number of nitrogens with zero attached hydrogens (tertiary/aromatic N) is 1. The fourth-order valence-corrected chi connectivity index (χ4v) is 6.13. The molecular weight excluding hydrogens is 582 g/mol. The Morgan fingerprint density at radius 1 is 0.867 bits per heavy atom. The van der Waals surface area contributed by atoms with E-state index in [0.29, 0.717) is 17.8 Å². The molecule has 0 aliphatic rings. The molecule has 0 bridgehead atoms. The van der Waals surface area contributed by atoms with Crippen LogP contribution in [0.1, 0.15) is 107 Å². The molecule has 5 N–H and O–H groups in total. The van der Waals surface area contributed by atoms with E-state index in [9.17, 15) is 9.59 Å². The fraction of sp³-hybridized carbons (Fsp3) is 0.472. The third-order valence-corrected chi connectivity index (χ3v) is 8.80. The predicted octanol–water partition coefficient (Wildman–Crippen LogP) is 6.60. The van der Waals surface area contributed by atoms with Crippen LogP contribution in [0, 0.1) is 0 Å². The number of nitrogens with one attached hydrogen (secondary N) is 4. The summed E-state index contributed by atoms with van der Waals surface area (Å²) in [7, 11) is 0. The number of rotatable bonds is 16. The van der Waals surface area contributed by atoms with Crippen LogP contribution in [0.5, 0.6) is 0 Å². The number of unbranched alkanes of at least 4 members (excludes halogenated alkanes) is 1. The summed E-state index contributed by atoms with van der Waals surface area (Å²) in [5.41, 5.74) is 13.4. The number of anilines is 2. The summed E-state index contributed by atoms with van der Waals surface area (Å²) in [6.07, 6.45) is 8.12. The van der Waals surface area contributed by atoms with E-state index in [0.717, 1.165) is 49.2 Å². The largest absolute Gasteiger partial charge is 0.395 e. The van der Waals surface area contributed by atoms with Crippen molar-refractivity contribution in [2.24, 2.45) is 0 Å². The lowest BCUT2D eigenvalue weighted by Crippen LogP contribution is -2.43. The van der Waals surface area contributed by atoms with E-state index >= 15 is 0 Å². The van der Waals surface area contributed by atoms with Crippen molar-refractivity contribution in [1.29, 1.82) is 0 Å². The number of aliphatic hydroxyl groups excluding tert-OH is 1. The Bertz CT molecular complexity index is 1380. The first kappa shape index (κ1) is 35.9. The van der Waals surface area contributed by atoms with E-state index in [-0.39, 0.29) is 13.2 Å². The molecule has 2 aromatic carbocycles. The van der Waals surface area contributed by atoms with Crippen LogP contribution >= 0.6 is 11.9 Å². The number of pyridine rings is 1. The fourth-order valence-electron chi connectivity index (χ4n) is 4.96. The Morgan fingerprint density at radius 2 is 1.53 bits per heavy atom. The number of aryl methyl sites for hydroxylation is 3. The van der Waals surface area contributed by atoms with Gasteiger partial charge in [0.2, 0.25) is 0 Å². The van der Waals surface area contributed by atoms with Crippen LogP contribution in [0.15, 0.2) is 59.8 Å². The molecule has 3 rings (SSSR count). The molecule has 1 aromatic heterocycles. The number of amides is 2. The van der Waals surface area contributed by atoms with Crippen LogP contribution in [0.4, 0.5) is 11.4 Å². The molecule has 0 aliphatic carbocycles. The topological polar surface area (TPSA) is 106 Å². The number of carbonyl (C=O) groups excluding carboxylic acids is 2. The zero-order chi connectivity index (χ0) is 32.9. The van der Waals surface area contributed by atoms with Crippen LogP contribution in [-0.2, 0) is 29.0 Å². The van der Waals surface area contributed by atoms with Gasteiger partial charge in [0.15, 0.2) is 12.4 Å². The second-order valence-electron chi connectivity index (χ2n) is 12.4. The highest BCUT2D eigenvalue weighted by Gasteiger charge is 2.19. The predicted molar refractivity (Wildman–Crippen MR) is 185 cm³/mol. The van der Waals surface area contributed by atoms with Gasteiger partial charge in [-0.3, -0.25) is 20.4 Å². The number of aromatic nitrogens is 1. The summed E-state index contributed by atoms with van der Waals surface area (Å²) in [5, 5.41) is 11.3. The van der Waals surface area contributed by atoms with Crippen molar-refractivity contribution in [3.63, 3.8) is 0 Å². The Labute approximate surface area is 273 Å². The molecule has 0 fully saturated rings. The molecular formula is C36H52N5O3S+. The number of aliphatic hydroxyl groups is 1. The molecule has 0 atom stereocenters. The summed E-state index contributed by atoms with van der Waals surface area (Å²) in [6, 6.07) is 15.0. The Hall–Kier alpha value is -3.56. The molecule has 1 heterocycles. The van der Waals surface area contributed by atoms with E-state index < -0.39 is 11.8 Å². The summed E-state index contributed by atoms with van der Waals surface area (Å²) in [4.78, 5) is 25.6. The molecule has 2 amide bonds. The minimum Gasteiger partial charge on any atom is -0.395 e. The lowest BCUT2D eigenvalue weighted by atomic mass is 9.89. The van der Waals surface area contributed by atoms with Gasteiger partial charge in [-0.05, 0) is 88.6 Å². The average Bonchev–Trinajstić information content (AvgIpc) is 3.03. The van der Waals surface area contributed by atoms with Gasteiger partial charge in [0, 0.05) is 35.7 Å². The van der Waals surface area contributed by atoms with Crippen molar-refractivity contribution in [3.05, 3.63) is 82.7 Å². The van der Waals surface area contributed by atoms with Gasteiger partial charge in [-0.25, -0.2) is 4.57 Å². The van der Waals surface area contributed by atoms with Gasteiger partial charge in [0.1, 0.15) is 6.54 Å². The Kier molecular flexibility index (Phi) is 14.2. The summed E-state index contributed by atoms with van der Waals surface area (Å²) >= 11 is 1.65. The second-order valence-corrected chi connectivity index (χ2v) is 13.2. The molecule has 0 unspecified atom stereocenters. The zero-order valence-corrected chi connectivity index (χ0v) is 28.8. The van der Waals surface area contributed by atoms with Gasteiger partial charge >= 0.3 is 11.8 Å². The monoisotopic (exact) mass is 634 g/mol. The molecule has 0 aliphatic heterocycles. The molecule has 0 saturated heterocycles. The normalized spacial score (nSPS) is 11.3. The first-order valence-corrected chi connectivity index (χ1v) is 17.0. The van der Waals surface area contributed by atoms with Crippen molar-refractivity contribution in [1.82, 2.24) is 10.7 Å². The van der Waals surface area contributed by atoms with Crippen LogP contribution in [0.2, 0.25) is 0 Å². The van der Waals surface area contributed by atoms with Crippen molar-refractivity contribution in [2.45, 2.75) is 103 Å². The van der Waals surface area contributed by atoms with E-state index in [2.05, 4.69) is 117 Å². The van der Waals surface area contributed by atoms with E-state index in [1.807, 2.05) is 12.1 Å². The van der Waals surface area contributed by atoms with Crippen molar-refractivity contribution in [2.75, 3.05) is 23.3 Å². The van der Waals surface area contributed by atoms with Crippen molar-refractivity contribution >= 4 is 35.1 Å². The number of benzene rings is 2. The van der Waals surface area contributed by atoms with E-state index in [4.69, 9.17) is 5.11 Å². The van der Waals surface area contributed by atoms with Crippen LogP contribution in [0.25, 0.3) is 0 Å².